The van der Waals surface area contributed by atoms with Crippen LogP contribution >= 0.6 is 0 Å². The number of fused-ring (bicyclic) bond motifs is 2. The van der Waals surface area contributed by atoms with E-state index in [4.69, 9.17) is 4.74 Å². The van der Waals surface area contributed by atoms with Crippen molar-refractivity contribution < 1.29 is 9.53 Å². The molecule has 2 aliphatic heterocycles. The van der Waals surface area contributed by atoms with Gasteiger partial charge in [-0.15, -0.1) is 0 Å². The molecule has 1 N–H and O–H groups in total. The Kier molecular flexibility index (Phi) is 3.29. The predicted octanol–water partition coefficient (Wildman–Crippen LogP) is -0.841. The van der Waals surface area contributed by atoms with E-state index < -0.39 is 0 Å². The van der Waals surface area contributed by atoms with E-state index in [-0.39, 0.29) is 11.5 Å². The van der Waals surface area contributed by atoms with Crippen molar-refractivity contribution in [3.05, 3.63) is 21.6 Å². The molecule has 1 fully saturated rings. The highest BCUT2D eigenvalue weighted by atomic mass is 16.5. The van der Waals surface area contributed by atoms with Crippen LogP contribution < -0.4 is 10.5 Å². The first kappa shape index (κ1) is 14.2. The molecule has 9 nitrogen and oxygen atoms in total. The van der Waals surface area contributed by atoms with Crippen LogP contribution in [0.1, 0.15) is 18.2 Å². The number of morpholine rings is 1. The van der Waals surface area contributed by atoms with Gasteiger partial charge in [0.15, 0.2) is 0 Å². The van der Waals surface area contributed by atoms with Crippen molar-refractivity contribution in [2.75, 3.05) is 37.7 Å². The molecule has 2 aromatic heterocycles. The van der Waals surface area contributed by atoms with Crippen molar-refractivity contribution in [3.63, 3.8) is 0 Å². The van der Waals surface area contributed by atoms with Crippen LogP contribution in [0, 0.1) is 0 Å². The summed E-state index contributed by atoms with van der Waals surface area (Å²) in [5, 5.41) is 3.03. The Labute approximate surface area is 131 Å². The second-order valence-corrected chi connectivity index (χ2v) is 5.81. The van der Waals surface area contributed by atoms with E-state index in [0.717, 1.165) is 18.8 Å². The average molecular weight is 318 g/mol. The van der Waals surface area contributed by atoms with Gasteiger partial charge in [0.1, 0.15) is 0 Å². The molecule has 0 bridgehead atoms. The number of ether oxygens (including phenoxy) is 1. The van der Waals surface area contributed by atoms with Crippen LogP contribution in [-0.4, -0.2) is 63.2 Å². The molecule has 122 valence electrons. The summed E-state index contributed by atoms with van der Waals surface area (Å²) in [5.41, 5.74) is 1.14. The molecule has 1 saturated heterocycles. The maximum atomic E-state index is 12.7. The Bertz CT molecular complexity index is 820. The number of aromatic nitrogens is 4. The number of aromatic amines is 1. The SMILES string of the molecule is CC(=O)N1CCc2nc3nc(N4CCOCC4)[nH]n3c(=O)c2C1. The van der Waals surface area contributed by atoms with Gasteiger partial charge in [-0.3, -0.25) is 14.7 Å². The molecule has 0 aliphatic carbocycles. The highest BCUT2D eigenvalue weighted by molar-refractivity contribution is 5.73. The van der Waals surface area contributed by atoms with Crippen LogP contribution in [-0.2, 0) is 22.5 Å². The first-order chi connectivity index (χ1) is 11.1. The smallest absolute Gasteiger partial charge is 0.279 e. The molecule has 2 aromatic rings. The zero-order valence-corrected chi connectivity index (χ0v) is 12.9. The van der Waals surface area contributed by atoms with E-state index in [1.165, 1.54) is 11.4 Å². The van der Waals surface area contributed by atoms with Gasteiger partial charge in [-0.25, -0.2) is 4.98 Å². The number of amides is 1. The van der Waals surface area contributed by atoms with Crippen molar-refractivity contribution in [2.45, 2.75) is 19.9 Å². The zero-order chi connectivity index (χ0) is 16.0. The second kappa shape index (κ2) is 5.34. The summed E-state index contributed by atoms with van der Waals surface area (Å²) in [6.45, 7) is 5.16. The molecule has 0 unspecified atom stereocenters. The topological polar surface area (TPSA) is 95.8 Å². The Morgan fingerprint density at radius 2 is 2.00 bits per heavy atom. The molecular weight excluding hydrogens is 300 g/mol. The Hall–Kier alpha value is -2.42. The molecule has 0 spiro atoms. The van der Waals surface area contributed by atoms with E-state index in [2.05, 4.69) is 15.1 Å². The van der Waals surface area contributed by atoms with Crippen LogP contribution in [0.5, 0.6) is 0 Å². The lowest BCUT2D eigenvalue weighted by Crippen LogP contribution is -2.39. The van der Waals surface area contributed by atoms with E-state index in [9.17, 15) is 9.59 Å². The number of hydrogen-bond donors (Lipinski definition) is 1. The molecule has 9 heteroatoms. The number of nitrogens with one attached hydrogen (secondary N) is 1. The molecule has 1 amide bonds. The molecule has 0 radical (unpaired) electrons. The van der Waals surface area contributed by atoms with Gasteiger partial charge in [0.05, 0.1) is 31.0 Å². The Morgan fingerprint density at radius 1 is 1.22 bits per heavy atom. The third-order valence-corrected chi connectivity index (χ3v) is 4.39. The average Bonchev–Trinajstić information content (AvgIpc) is 3.00. The van der Waals surface area contributed by atoms with Gasteiger partial charge in [0, 0.05) is 33.0 Å². The van der Waals surface area contributed by atoms with Gasteiger partial charge in [-0.05, 0) is 0 Å². The minimum atomic E-state index is -0.178. The molecule has 0 atom stereocenters. The van der Waals surface area contributed by atoms with Gasteiger partial charge in [0.25, 0.3) is 11.3 Å². The standard InChI is InChI=1S/C14H18N6O3/c1-9(21)19-3-2-11-10(8-19)12(22)20-13(15-11)16-14(17-20)18-4-6-23-7-5-18/h2-8H2,1H3,(H,15,16,17). The fourth-order valence-corrected chi connectivity index (χ4v) is 3.04. The minimum Gasteiger partial charge on any atom is -0.378 e. The highest BCUT2D eigenvalue weighted by Crippen LogP contribution is 2.16. The lowest BCUT2D eigenvalue weighted by Gasteiger charge is -2.26. The van der Waals surface area contributed by atoms with E-state index in [1.54, 1.807) is 4.90 Å². The summed E-state index contributed by atoms with van der Waals surface area (Å²) < 4.78 is 6.70. The maximum Gasteiger partial charge on any atom is 0.279 e. The summed E-state index contributed by atoms with van der Waals surface area (Å²) in [6.07, 6.45) is 0.584. The van der Waals surface area contributed by atoms with Gasteiger partial charge < -0.3 is 14.5 Å². The molecular formula is C14H18N6O3. The quantitative estimate of drug-likeness (QED) is 0.736. The third-order valence-electron chi connectivity index (χ3n) is 4.39. The summed E-state index contributed by atoms with van der Waals surface area (Å²) in [4.78, 5) is 36.9. The van der Waals surface area contributed by atoms with E-state index >= 15 is 0 Å². The van der Waals surface area contributed by atoms with E-state index in [1.807, 2.05) is 4.90 Å². The highest BCUT2D eigenvalue weighted by Gasteiger charge is 2.25. The largest absolute Gasteiger partial charge is 0.378 e. The van der Waals surface area contributed by atoms with Crippen molar-refractivity contribution in [3.8, 4) is 0 Å². The summed E-state index contributed by atoms with van der Waals surface area (Å²) in [5.74, 6) is 0.981. The van der Waals surface area contributed by atoms with Gasteiger partial charge >= 0.3 is 0 Å². The molecule has 4 heterocycles. The monoisotopic (exact) mass is 318 g/mol. The van der Waals surface area contributed by atoms with Crippen LogP contribution in [0.15, 0.2) is 4.79 Å². The first-order valence-corrected chi connectivity index (χ1v) is 7.72. The molecule has 23 heavy (non-hydrogen) atoms. The lowest BCUT2D eigenvalue weighted by atomic mass is 10.1. The molecule has 2 aliphatic rings. The first-order valence-electron chi connectivity index (χ1n) is 7.72. The third kappa shape index (κ3) is 2.37. The summed E-state index contributed by atoms with van der Waals surface area (Å²) in [6, 6.07) is 0. The fraction of sp³-hybridized carbons (Fsp3) is 0.571. The van der Waals surface area contributed by atoms with Crippen LogP contribution in [0.25, 0.3) is 5.78 Å². The lowest BCUT2D eigenvalue weighted by molar-refractivity contribution is -0.129. The fourth-order valence-electron chi connectivity index (χ4n) is 3.04. The number of carbonyl (C=O) groups is 1. The summed E-state index contributed by atoms with van der Waals surface area (Å²) >= 11 is 0. The van der Waals surface area contributed by atoms with Gasteiger partial charge in [-0.1, -0.05) is 0 Å². The second-order valence-electron chi connectivity index (χ2n) is 5.81. The van der Waals surface area contributed by atoms with Crippen molar-refractivity contribution in [2.24, 2.45) is 0 Å². The minimum absolute atomic E-state index is 0.0289. The predicted molar refractivity (Wildman–Crippen MR) is 81.4 cm³/mol. The summed E-state index contributed by atoms with van der Waals surface area (Å²) in [7, 11) is 0. The Balaban J connectivity index is 1.76. The number of nitrogens with zero attached hydrogens (tertiary/aromatic N) is 5. The van der Waals surface area contributed by atoms with Crippen molar-refractivity contribution in [1.29, 1.82) is 0 Å². The molecule has 0 aromatic carbocycles. The van der Waals surface area contributed by atoms with Crippen LogP contribution in [0.4, 0.5) is 5.95 Å². The molecule has 4 rings (SSSR count). The van der Waals surface area contributed by atoms with Crippen LogP contribution in [0.3, 0.4) is 0 Å². The number of carbonyl (C=O) groups excluding carboxylic acids is 1. The van der Waals surface area contributed by atoms with E-state index in [0.29, 0.717) is 50.0 Å². The maximum absolute atomic E-state index is 12.7. The number of H-pyrrole nitrogens is 1. The van der Waals surface area contributed by atoms with Gasteiger partial charge in [0.2, 0.25) is 11.9 Å². The van der Waals surface area contributed by atoms with Crippen molar-refractivity contribution in [1.82, 2.24) is 24.5 Å². The van der Waals surface area contributed by atoms with Crippen molar-refractivity contribution >= 4 is 17.6 Å². The number of rotatable bonds is 1. The van der Waals surface area contributed by atoms with Crippen LogP contribution in [0.2, 0.25) is 0 Å². The Morgan fingerprint density at radius 3 is 2.74 bits per heavy atom. The zero-order valence-electron chi connectivity index (χ0n) is 12.9. The van der Waals surface area contributed by atoms with Gasteiger partial charge in [-0.2, -0.15) is 9.50 Å². The number of hydrogen-bond acceptors (Lipinski definition) is 6. The number of anilines is 1. The normalized spacial score (nSPS) is 18.3. The molecule has 0 saturated carbocycles.